The maximum absolute atomic E-state index is 14.7. The van der Waals surface area contributed by atoms with Crippen LogP contribution in [0.4, 0.5) is 14.9 Å². The van der Waals surface area contributed by atoms with Crippen LogP contribution in [0.15, 0.2) is 78.7 Å². The molecular weight excluding hydrogens is 682 g/mol. The summed E-state index contributed by atoms with van der Waals surface area (Å²) in [5.74, 6) is 0.0980. The molecule has 7 rings (SSSR count). The molecule has 6 aromatic rings. The van der Waals surface area contributed by atoms with Gasteiger partial charge >= 0.3 is 6.09 Å². The number of anilines is 1. The standard InChI is InChI=1S/C40H38FN5O5S/c1-6-33(47)42-27-10-12-30-31(21-27)44-38(43-30)36-34(28-11-9-26(41)20-32(28)50-17-16-49-5)37-29(14-18-52-37)35(45-36)24-7-8-25-22-46(15-13-23(25)19-24)39(48)51-40(2,3)4/h6-12,14,18-21H,1,13,15-17,22H2,2-5H3,(H,42,47)(H,43,44). The highest BCUT2D eigenvalue weighted by Gasteiger charge is 2.28. The Kier molecular flexibility index (Phi) is 9.52. The summed E-state index contributed by atoms with van der Waals surface area (Å²) in [7, 11) is 1.58. The van der Waals surface area contributed by atoms with Gasteiger partial charge in [0.25, 0.3) is 0 Å². The minimum atomic E-state index is -0.572. The summed E-state index contributed by atoms with van der Waals surface area (Å²) in [6.45, 7) is 10.7. The van der Waals surface area contributed by atoms with Crippen molar-refractivity contribution < 1.29 is 28.2 Å². The van der Waals surface area contributed by atoms with E-state index >= 15 is 0 Å². The number of hydrogen-bond acceptors (Lipinski definition) is 8. The van der Waals surface area contributed by atoms with Crippen LogP contribution in [0.1, 0.15) is 31.9 Å². The van der Waals surface area contributed by atoms with Crippen molar-refractivity contribution >= 4 is 50.1 Å². The van der Waals surface area contributed by atoms with E-state index < -0.39 is 11.4 Å². The molecule has 0 spiro atoms. The molecule has 0 saturated carbocycles. The topological polar surface area (TPSA) is 119 Å². The van der Waals surface area contributed by atoms with Gasteiger partial charge in [-0.15, -0.1) is 11.3 Å². The molecule has 0 bridgehead atoms. The number of thiophene rings is 1. The average molecular weight is 720 g/mol. The summed E-state index contributed by atoms with van der Waals surface area (Å²) in [5, 5.41) is 5.73. The summed E-state index contributed by atoms with van der Waals surface area (Å²) in [6.07, 6.45) is 1.56. The molecule has 1 aliphatic rings. The number of benzene rings is 3. The van der Waals surface area contributed by atoms with Gasteiger partial charge in [0.05, 0.1) is 23.3 Å². The lowest BCUT2D eigenvalue weighted by Gasteiger charge is -2.31. The van der Waals surface area contributed by atoms with Crippen molar-refractivity contribution in [1.82, 2.24) is 19.9 Å². The molecule has 3 aromatic carbocycles. The number of carbonyl (C=O) groups excluding carboxylic acids is 2. The maximum Gasteiger partial charge on any atom is 0.410 e. The fourth-order valence-electron chi connectivity index (χ4n) is 6.30. The number of imidazole rings is 1. The van der Waals surface area contributed by atoms with E-state index in [0.29, 0.717) is 65.7 Å². The van der Waals surface area contributed by atoms with Gasteiger partial charge in [0.2, 0.25) is 5.91 Å². The Bertz CT molecular complexity index is 2340. The van der Waals surface area contributed by atoms with Gasteiger partial charge in [-0.05, 0) is 92.2 Å². The summed E-state index contributed by atoms with van der Waals surface area (Å²) in [6, 6.07) is 18.2. The van der Waals surface area contributed by atoms with Crippen molar-refractivity contribution in [3.05, 3.63) is 95.6 Å². The molecule has 0 atom stereocenters. The Balaban J connectivity index is 1.38. The first-order valence-electron chi connectivity index (χ1n) is 16.9. The number of H-pyrrole nitrogens is 1. The summed E-state index contributed by atoms with van der Waals surface area (Å²) in [5.41, 5.74) is 7.20. The van der Waals surface area contributed by atoms with Gasteiger partial charge in [-0.1, -0.05) is 18.7 Å². The zero-order valence-corrected chi connectivity index (χ0v) is 30.2. The lowest BCUT2D eigenvalue weighted by molar-refractivity contribution is -0.111. The van der Waals surface area contributed by atoms with Gasteiger partial charge < -0.3 is 29.4 Å². The summed E-state index contributed by atoms with van der Waals surface area (Å²) >= 11 is 1.55. The zero-order valence-electron chi connectivity index (χ0n) is 29.3. The quantitative estimate of drug-likeness (QED) is 0.113. The Labute approximate surface area is 304 Å². The van der Waals surface area contributed by atoms with Gasteiger partial charge in [0.1, 0.15) is 29.5 Å². The lowest BCUT2D eigenvalue weighted by atomic mass is 9.94. The Morgan fingerprint density at radius 2 is 1.88 bits per heavy atom. The van der Waals surface area contributed by atoms with Crippen LogP contribution in [0.5, 0.6) is 5.75 Å². The smallest absolute Gasteiger partial charge is 0.410 e. The molecule has 10 nitrogen and oxygen atoms in total. The van der Waals surface area contributed by atoms with Crippen molar-refractivity contribution in [2.75, 3.05) is 32.2 Å². The van der Waals surface area contributed by atoms with Crippen LogP contribution in [-0.4, -0.2) is 64.3 Å². The van der Waals surface area contributed by atoms with Gasteiger partial charge in [-0.3, -0.25) is 4.79 Å². The van der Waals surface area contributed by atoms with Crippen molar-refractivity contribution in [2.24, 2.45) is 0 Å². The monoisotopic (exact) mass is 719 g/mol. The van der Waals surface area contributed by atoms with Crippen LogP contribution in [0.3, 0.4) is 0 Å². The number of aromatic amines is 1. The molecule has 2 amide bonds. The molecule has 3 aromatic heterocycles. The number of fused-ring (bicyclic) bond motifs is 3. The largest absolute Gasteiger partial charge is 0.490 e. The number of ether oxygens (including phenoxy) is 3. The second-order valence-corrected chi connectivity index (χ2v) is 14.4. The van der Waals surface area contributed by atoms with E-state index in [1.54, 1.807) is 41.5 Å². The van der Waals surface area contributed by atoms with Crippen molar-refractivity contribution in [3.63, 3.8) is 0 Å². The molecule has 0 aliphatic carbocycles. The number of nitrogens with one attached hydrogen (secondary N) is 2. The van der Waals surface area contributed by atoms with Gasteiger partial charge in [-0.25, -0.2) is 19.2 Å². The number of hydrogen-bond donors (Lipinski definition) is 2. The van der Waals surface area contributed by atoms with E-state index in [1.807, 2.05) is 44.4 Å². The fourth-order valence-corrected chi connectivity index (χ4v) is 7.25. The van der Waals surface area contributed by atoms with E-state index in [9.17, 15) is 14.0 Å². The van der Waals surface area contributed by atoms with Crippen LogP contribution in [0.25, 0.3) is 55.0 Å². The minimum absolute atomic E-state index is 0.228. The number of amides is 2. The zero-order chi connectivity index (χ0) is 36.6. The Hall–Kier alpha value is -5.59. The van der Waals surface area contributed by atoms with Crippen LogP contribution in [0, 0.1) is 5.82 Å². The van der Waals surface area contributed by atoms with Gasteiger partial charge in [0, 0.05) is 58.7 Å². The molecule has 0 saturated heterocycles. The first-order chi connectivity index (χ1) is 25.0. The fraction of sp³-hybridized carbons (Fsp3) is 0.250. The molecule has 12 heteroatoms. The normalized spacial score (nSPS) is 12.9. The van der Waals surface area contributed by atoms with Gasteiger partial charge in [-0.2, -0.15) is 0 Å². The highest BCUT2D eigenvalue weighted by Crippen LogP contribution is 2.46. The molecule has 1 aliphatic heterocycles. The molecule has 0 fully saturated rings. The number of rotatable bonds is 9. The van der Waals surface area contributed by atoms with E-state index in [-0.39, 0.29) is 18.6 Å². The lowest BCUT2D eigenvalue weighted by Crippen LogP contribution is -2.39. The van der Waals surface area contributed by atoms with Crippen LogP contribution in [0.2, 0.25) is 0 Å². The van der Waals surface area contributed by atoms with Crippen LogP contribution in [-0.2, 0) is 27.2 Å². The second-order valence-electron chi connectivity index (χ2n) is 13.5. The molecule has 0 radical (unpaired) electrons. The number of carbonyl (C=O) groups is 2. The minimum Gasteiger partial charge on any atom is -0.490 e. The van der Waals surface area contributed by atoms with E-state index in [2.05, 4.69) is 29.0 Å². The Morgan fingerprint density at radius 3 is 2.67 bits per heavy atom. The third kappa shape index (κ3) is 7.12. The van der Waals surface area contributed by atoms with Gasteiger partial charge in [0.15, 0.2) is 5.82 Å². The number of methoxy groups -OCH3 is 1. The third-order valence-corrected chi connectivity index (χ3v) is 9.60. The molecule has 0 unspecified atom stereocenters. The number of halogens is 1. The van der Waals surface area contributed by atoms with E-state index in [0.717, 1.165) is 38.0 Å². The van der Waals surface area contributed by atoms with E-state index in [1.165, 1.54) is 18.2 Å². The summed E-state index contributed by atoms with van der Waals surface area (Å²) in [4.78, 5) is 40.3. The first-order valence-corrected chi connectivity index (χ1v) is 17.8. The van der Waals surface area contributed by atoms with Crippen LogP contribution < -0.4 is 10.1 Å². The highest BCUT2D eigenvalue weighted by molar-refractivity contribution is 7.18. The molecule has 266 valence electrons. The number of nitrogens with zero attached hydrogens (tertiary/aromatic N) is 3. The van der Waals surface area contributed by atoms with Crippen molar-refractivity contribution in [3.8, 4) is 39.7 Å². The first kappa shape index (κ1) is 34.8. The Morgan fingerprint density at radius 1 is 1.04 bits per heavy atom. The second kappa shape index (κ2) is 14.2. The number of aromatic nitrogens is 3. The summed E-state index contributed by atoms with van der Waals surface area (Å²) < 4.78 is 32.5. The predicted molar refractivity (Wildman–Crippen MR) is 202 cm³/mol. The molecule has 52 heavy (non-hydrogen) atoms. The maximum atomic E-state index is 14.7. The van der Waals surface area contributed by atoms with Crippen molar-refractivity contribution in [1.29, 1.82) is 0 Å². The number of pyridine rings is 1. The SMILES string of the molecule is C=CC(=O)Nc1ccc2nc(-c3nc(-c4ccc5c(c4)CCN(C(=O)OC(C)(C)C)C5)c4ccsc4c3-c3ccc(F)cc3OCCOC)[nH]c2c1. The van der Waals surface area contributed by atoms with E-state index in [4.69, 9.17) is 24.2 Å². The average Bonchev–Trinajstić information content (AvgIpc) is 3.78. The molecular formula is C40H38FN5O5S. The molecule has 4 heterocycles. The third-order valence-electron chi connectivity index (χ3n) is 8.67. The van der Waals surface area contributed by atoms with Crippen molar-refractivity contribution in [2.45, 2.75) is 39.3 Å². The predicted octanol–water partition coefficient (Wildman–Crippen LogP) is 8.76. The highest BCUT2D eigenvalue weighted by atomic mass is 32.1. The van der Waals surface area contributed by atoms with Crippen LogP contribution >= 0.6 is 11.3 Å². The molecule has 2 N–H and O–H groups in total.